The highest BCUT2D eigenvalue weighted by atomic mass is 35.5. The van der Waals surface area contributed by atoms with Crippen molar-refractivity contribution in [3.63, 3.8) is 0 Å². The van der Waals surface area contributed by atoms with Crippen molar-refractivity contribution in [3.05, 3.63) is 58.9 Å². The smallest absolute Gasteiger partial charge is 0.136 e. The molecule has 0 amide bonds. The predicted molar refractivity (Wildman–Crippen MR) is 65.2 cm³/mol. The average molecular weight is 272 g/mol. The Kier molecular flexibility index (Phi) is 3.97. The van der Waals surface area contributed by atoms with Gasteiger partial charge < -0.3 is 0 Å². The molecule has 1 aromatic carbocycles. The van der Waals surface area contributed by atoms with E-state index in [1.165, 1.54) is 17.8 Å². The van der Waals surface area contributed by atoms with Crippen LogP contribution < -0.4 is 0 Å². The Labute approximate surface area is 107 Å². The Balaban J connectivity index is 2.07. The molecule has 2 rings (SSSR count). The van der Waals surface area contributed by atoms with E-state index in [0.29, 0.717) is 15.8 Å². The molecule has 88 valence electrons. The van der Waals surface area contributed by atoms with E-state index < -0.39 is 11.6 Å². The van der Waals surface area contributed by atoms with Crippen molar-refractivity contribution >= 4 is 23.4 Å². The monoisotopic (exact) mass is 271 g/mol. The summed E-state index contributed by atoms with van der Waals surface area (Å²) in [5.74, 6) is -0.341. The topological polar surface area (TPSA) is 12.9 Å². The molecule has 0 aliphatic rings. The quantitative estimate of drug-likeness (QED) is 0.610. The number of pyridine rings is 1. The Bertz CT molecular complexity index is 516. The average Bonchev–Trinajstić information content (AvgIpc) is 2.32. The number of hydrogen-bond donors (Lipinski definition) is 0. The largest absolute Gasteiger partial charge is 0.244 e. The molecular formula is C12H8ClF2NS. The molecule has 0 N–H and O–H groups in total. The van der Waals surface area contributed by atoms with Gasteiger partial charge in [0.1, 0.15) is 16.8 Å². The molecule has 1 nitrogen and oxygen atoms in total. The zero-order valence-corrected chi connectivity index (χ0v) is 10.2. The van der Waals surface area contributed by atoms with E-state index >= 15 is 0 Å². The standard InChI is InChI=1S/C12H8ClF2NS/c13-12-4-1-8(6-16-12)7-17-11-5-9(14)2-3-10(11)15/h1-6H,7H2. The zero-order chi connectivity index (χ0) is 12.3. The van der Waals surface area contributed by atoms with Gasteiger partial charge in [0.25, 0.3) is 0 Å². The van der Waals surface area contributed by atoms with Crippen LogP contribution in [-0.2, 0) is 5.75 Å². The van der Waals surface area contributed by atoms with Crippen molar-refractivity contribution < 1.29 is 8.78 Å². The third-order valence-corrected chi connectivity index (χ3v) is 3.40. The van der Waals surface area contributed by atoms with Crippen molar-refractivity contribution in [2.45, 2.75) is 10.6 Å². The number of aromatic nitrogens is 1. The van der Waals surface area contributed by atoms with Crippen molar-refractivity contribution in [3.8, 4) is 0 Å². The molecule has 0 fully saturated rings. The van der Waals surface area contributed by atoms with E-state index in [2.05, 4.69) is 4.98 Å². The molecule has 0 aliphatic heterocycles. The first kappa shape index (κ1) is 12.3. The van der Waals surface area contributed by atoms with Crippen LogP contribution in [0.1, 0.15) is 5.56 Å². The SMILES string of the molecule is Fc1ccc(F)c(SCc2ccc(Cl)nc2)c1. The van der Waals surface area contributed by atoms with Gasteiger partial charge in [-0.05, 0) is 29.8 Å². The van der Waals surface area contributed by atoms with Crippen molar-refractivity contribution in [1.29, 1.82) is 0 Å². The van der Waals surface area contributed by atoms with Crippen LogP contribution in [0.2, 0.25) is 5.15 Å². The van der Waals surface area contributed by atoms with Gasteiger partial charge in [0, 0.05) is 16.8 Å². The summed E-state index contributed by atoms with van der Waals surface area (Å²) in [6.07, 6.45) is 1.62. The van der Waals surface area contributed by atoms with Crippen molar-refractivity contribution in [2.75, 3.05) is 0 Å². The first-order valence-corrected chi connectivity index (χ1v) is 6.20. The van der Waals surface area contributed by atoms with E-state index in [0.717, 1.165) is 17.7 Å². The van der Waals surface area contributed by atoms with Gasteiger partial charge in [-0.1, -0.05) is 17.7 Å². The molecule has 2 aromatic rings. The Morgan fingerprint density at radius 3 is 2.71 bits per heavy atom. The molecule has 5 heteroatoms. The first-order chi connectivity index (χ1) is 8.15. The van der Waals surface area contributed by atoms with Crippen molar-refractivity contribution in [2.24, 2.45) is 0 Å². The highest BCUT2D eigenvalue weighted by molar-refractivity contribution is 7.98. The van der Waals surface area contributed by atoms with Crippen LogP contribution in [0.5, 0.6) is 0 Å². The minimum absolute atomic E-state index is 0.292. The van der Waals surface area contributed by atoms with Crippen LogP contribution in [0.15, 0.2) is 41.4 Å². The lowest BCUT2D eigenvalue weighted by molar-refractivity contribution is 0.577. The number of rotatable bonds is 3. The van der Waals surface area contributed by atoms with Gasteiger partial charge in [0.2, 0.25) is 0 Å². The highest BCUT2D eigenvalue weighted by Crippen LogP contribution is 2.26. The van der Waals surface area contributed by atoms with Crippen LogP contribution >= 0.6 is 23.4 Å². The van der Waals surface area contributed by atoms with Gasteiger partial charge in [-0.3, -0.25) is 0 Å². The third-order valence-electron chi connectivity index (χ3n) is 2.08. The van der Waals surface area contributed by atoms with Crippen LogP contribution in [0.3, 0.4) is 0 Å². The highest BCUT2D eigenvalue weighted by Gasteiger charge is 2.05. The van der Waals surface area contributed by atoms with Gasteiger partial charge in [0.05, 0.1) is 0 Å². The molecule has 0 saturated heterocycles. The van der Waals surface area contributed by atoms with Crippen LogP contribution in [0, 0.1) is 11.6 Å². The molecule has 1 heterocycles. The zero-order valence-electron chi connectivity index (χ0n) is 8.66. The Hall–Kier alpha value is -1.13. The lowest BCUT2D eigenvalue weighted by atomic mass is 10.3. The summed E-state index contributed by atoms with van der Waals surface area (Å²) in [5, 5.41) is 0.413. The molecular weight excluding hydrogens is 264 g/mol. The minimum atomic E-state index is -0.442. The van der Waals surface area contributed by atoms with Crippen LogP contribution in [0.4, 0.5) is 8.78 Å². The van der Waals surface area contributed by atoms with E-state index in [4.69, 9.17) is 11.6 Å². The predicted octanol–water partition coefficient (Wildman–Crippen LogP) is 4.31. The summed E-state index contributed by atoms with van der Waals surface area (Å²) >= 11 is 6.87. The fourth-order valence-electron chi connectivity index (χ4n) is 1.24. The second kappa shape index (κ2) is 5.47. The molecule has 0 bridgehead atoms. The van der Waals surface area contributed by atoms with E-state index in [1.807, 2.05) is 0 Å². The van der Waals surface area contributed by atoms with E-state index in [-0.39, 0.29) is 0 Å². The first-order valence-electron chi connectivity index (χ1n) is 4.83. The molecule has 0 radical (unpaired) electrons. The molecule has 0 atom stereocenters. The summed E-state index contributed by atoms with van der Waals surface area (Å²) < 4.78 is 26.2. The second-order valence-electron chi connectivity index (χ2n) is 3.35. The van der Waals surface area contributed by atoms with Gasteiger partial charge in [0.15, 0.2) is 0 Å². The second-order valence-corrected chi connectivity index (χ2v) is 4.76. The summed E-state index contributed by atoms with van der Waals surface area (Å²) in [6.45, 7) is 0. The molecule has 0 unspecified atom stereocenters. The number of halogens is 3. The summed E-state index contributed by atoms with van der Waals surface area (Å²) in [5.41, 5.74) is 0.906. The van der Waals surface area contributed by atoms with Gasteiger partial charge >= 0.3 is 0 Å². The lowest BCUT2D eigenvalue weighted by Crippen LogP contribution is -1.86. The molecule has 17 heavy (non-hydrogen) atoms. The van der Waals surface area contributed by atoms with Crippen molar-refractivity contribution in [1.82, 2.24) is 4.98 Å². The molecule has 1 aromatic heterocycles. The minimum Gasteiger partial charge on any atom is -0.244 e. The summed E-state index contributed by atoms with van der Waals surface area (Å²) in [7, 11) is 0. The van der Waals surface area contributed by atoms with E-state index in [9.17, 15) is 8.78 Å². The van der Waals surface area contributed by atoms with Gasteiger partial charge in [-0.25, -0.2) is 13.8 Å². The van der Waals surface area contributed by atoms with E-state index in [1.54, 1.807) is 18.3 Å². The number of thioether (sulfide) groups is 1. The maximum Gasteiger partial charge on any atom is 0.136 e. The number of nitrogens with zero attached hydrogens (tertiary/aromatic N) is 1. The number of hydrogen-bond acceptors (Lipinski definition) is 2. The van der Waals surface area contributed by atoms with Crippen LogP contribution in [-0.4, -0.2) is 4.98 Å². The molecule has 0 aliphatic carbocycles. The molecule has 0 spiro atoms. The maximum absolute atomic E-state index is 13.3. The third kappa shape index (κ3) is 3.41. The summed E-state index contributed by atoms with van der Waals surface area (Å²) in [4.78, 5) is 4.21. The summed E-state index contributed by atoms with van der Waals surface area (Å²) in [6, 6.07) is 6.88. The fraction of sp³-hybridized carbons (Fsp3) is 0.0833. The fourth-order valence-corrected chi connectivity index (χ4v) is 2.25. The Morgan fingerprint density at radius 1 is 1.18 bits per heavy atom. The Morgan fingerprint density at radius 2 is 2.00 bits per heavy atom. The lowest BCUT2D eigenvalue weighted by Gasteiger charge is -2.03. The van der Waals surface area contributed by atoms with Crippen LogP contribution in [0.25, 0.3) is 0 Å². The normalized spacial score (nSPS) is 10.5. The van der Waals surface area contributed by atoms with Gasteiger partial charge in [-0.2, -0.15) is 0 Å². The molecule has 0 saturated carbocycles. The van der Waals surface area contributed by atoms with Gasteiger partial charge in [-0.15, -0.1) is 11.8 Å². The number of benzene rings is 1. The maximum atomic E-state index is 13.3.